The SMILES string of the molecule is NC(=O)C1c2cccc(C(=O)C3CCCCC4=NCCCN43)c2CN1C1CCC(=O)NC1=O. The van der Waals surface area contributed by atoms with E-state index < -0.39 is 23.9 Å². The second kappa shape index (κ2) is 8.70. The van der Waals surface area contributed by atoms with Crippen molar-refractivity contribution in [3.8, 4) is 0 Å². The molecule has 3 atom stereocenters. The number of nitrogens with zero attached hydrogens (tertiary/aromatic N) is 3. The summed E-state index contributed by atoms with van der Waals surface area (Å²) in [6.07, 6.45) is 5.14. The van der Waals surface area contributed by atoms with Gasteiger partial charge in [0.05, 0.1) is 17.9 Å². The van der Waals surface area contributed by atoms with E-state index in [2.05, 4.69) is 15.2 Å². The monoisotopic (exact) mass is 451 g/mol. The summed E-state index contributed by atoms with van der Waals surface area (Å²) in [5.41, 5.74) is 7.80. The number of nitrogens with two attached hydrogens (primary N) is 1. The summed E-state index contributed by atoms with van der Waals surface area (Å²) in [5, 5.41) is 2.36. The molecule has 2 fully saturated rings. The zero-order valence-electron chi connectivity index (χ0n) is 18.6. The van der Waals surface area contributed by atoms with Crippen LogP contribution in [0.5, 0.6) is 0 Å². The minimum absolute atomic E-state index is 0.0386. The van der Waals surface area contributed by atoms with Crippen LogP contribution in [-0.2, 0) is 20.9 Å². The summed E-state index contributed by atoms with van der Waals surface area (Å²) in [6.45, 7) is 1.91. The van der Waals surface area contributed by atoms with Gasteiger partial charge in [-0.15, -0.1) is 0 Å². The number of benzene rings is 1. The number of carbonyl (C=O) groups is 4. The number of hydrogen-bond acceptors (Lipinski definition) is 7. The Morgan fingerprint density at radius 2 is 1.94 bits per heavy atom. The van der Waals surface area contributed by atoms with Crippen molar-refractivity contribution in [2.24, 2.45) is 10.7 Å². The molecule has 4 aliphatic heterocycles. The molecule has 0 aromatic heterocycles. The molecule has 0 aliphatic carbocycles. The molecule has 1 aromatic rings. The molecule has 174 valence electrons. The highest BCUT2D eigenvalue weighted by molar-refractivity contribution is 6.05. The lowest BCUT2D eigenvalue weighted by Gasteiger charge is -2.34. The number of imide groups is 1. The lowest BCUT2D eigenvalue weighted by molar-refractivity contribution is -0.139. The number of ketones is 1. The molecule has 1 aromatic carbocycles. The van der Waals surface area contributed by atoms with Crippen LogP contribution in [0.2, 0.25) is 0 Å². The second-order valence-corrected chi connectivity index (χ2v) is 9.29. The number of amidine groups is 1. The second-order valence-electron chi connectivity index (χ2n) is 9.29. The summed E-state index contributed by atoms with van der Waals surface area (Å²) in [4.78, 5) is 59.1. The van der Waals surface area contributed by atoms with E-state index in [4.69, 9.17) is 5.73 Å². The van der Waals surface area contributed by atoms with Crippen LogP contribution in [0.1, 0.15) is 72.5 Å². The number of rotatable bonds is 4. The van der Waals surface area contributed by atoms with Crippen molar-refractivity contribution in [2.75, 3.05) is 13.1 Å². The Balaban J connectivity index is 1.49. The third-order valence-electron chi connectivity index (χ3n) is 7.31. The predicted octanol–water partition coefficient (Wildman–Crippen LogP) is 1.06. The van der Waals surface area contributed by atoms with Gasteiger partial charge in [0.1, 0.15) is 6.04 Å². The first kappa shape index (κ1) is 21.8. The van der Waals surface area contributed by atoms with Gasteiger partial charge in [-0.3, -0.25) is 34.4 Å². The standard InChI is InChI=1S/C24H29N5O4/c25-23(32)21-14-5-3-6-15(16(14)13-29(21)18-9-10-20(30)27-24(18)33)22(31)17-7-1-2-8-19-26-11-4-12-28(17)19/h3,5-6,17-18,21H,1-2,4,7-13H2,(H2,25,32)(H,27,30,33). The summed E-state index contributed by atoms with van der Waals surface area (Å²) in [5.74, 6) is -0.229. The Morgan fingerprint density at radius 3 is 2.73 bits per heavy atom. The van der Waals surface area contributed by atoms with Crippen LogP contribution < -0.4 is 11.1 Å². The molecule has 4 heterocycles. The molecule has 3 unspecified atom stereocenters. The van der Waals surface area contributed by atoms with Gasteiger partial charge in [-0.2, -0.15) is 0 Å². The van der Waals surface area contributed by atoms with Crippen molar-refractivity contribution >= 4 is 29.3 Å². The lowest BCUT2D eigenvalue weighted by Crippen LogP contribution is -2.53. The van der Waals surface area contributed by atoms with E-state index in [9.17, 15) is 19.2 Å². The third kappa shape index (κ3) is 3.84. The Bertz CT molecular complexity index is 1050. The van der Waals surface area contributed by atoms with E-state index in [0.29, 0.717) is 17.5 Å². The first-order valence-corrected chi connectivity index (χ1v) is 11.8. The number of carbonyl (C=O) groups excluding carboxylic acids is 4. The van der Waals surface area contributed by atoms with Crippen LogP contribution in [0, 0.1) is 0 Å². The zero-order valence-corrected chi connectivity index (χ0v) is 18.6. The van der Waals surface area contributed by atoms with Gasteiger partial charge in [0.2, 0.25) is 17.7 Å². The van der Waals surface area contributed by atoms with E-state index in [1.54, 1.807) is 11.0 Å². The molecule has 9 heteroatoms. The van der Waals surface area contributed by atoms with Gasteiger partial charge < -0.3 is 10.6 Å². The molecule has 3 amide bonds. The average molecular weight is 452 g/mol. The van der Waals surface area contributed by atoms with Crippen molar-refractivity contribution in [1.82, 2.24) is 15.1 Å². The molecule has 5 rings (SSSR count). The molecular formula is C24H29N5O4. The number of aliphatic imine (C=N–C) groups is 1. The number of fused-ring (bicyclic) bond motifs is 2. The number of primary amides is 1. The number of nitrogens with one attached hydrogen (secondary N) is 1. The van der Waals surface area contributed by atoms with Crippen LogP contribution in [0.25, 0.3) is 0 Å². The van der Waals surface area contributed by atoms with Gasteiger partial charge in [-0.25, -0.2) is 0 Å². The molecule has 0 radical (unpaired) electrons. The smallest absolute Gasteiger partial charge is 0.243 e. The number of piperidine rings is 1. The first-order valence-electron chi connectivity index (χ1n) is 11.8. The summed E-state index contributed by atoms with van der Waals surface area (Å²) < 4.78 is 0. The summed E-state index contributed by atoms with van der Waals surface area (Å²) in [7, 11) is 0. The van der Waals surface area contributed by atoms with Crippen LogP contribution in [0.15, 0.2) is 23.2 Å². The lowest BCUT2D eigenvalue weighted by atomic mass is 9.92. The van der Waals surface area contributed by atoms with Crippen LogP contribution >= 0.6 is 0 Å². The van der Waals surface area contributed by atoms with Gasteiger partial charge in [-0.05, 0) is 36.8 Å². The van der Waals surface area contributed by atoms with Gasteiger partial charge in [0.25, 0.3) is 0 Å². The maximum Gasteiger partial charge on any atom is 0.243 e. The molecule has 2 saturated heterocycles. The van der Waals surface area contributed by atoms with E-state index in [1.165, 1.54) is 0 Å². The van der Waals surface area contributed by atoms with Gasteiger partial charge in [0.15, 0.2) is 5.78 Å². The maximum atomic E-state index is 13.9. The molecule has 3 N–H and O–H groups in total. The Morgan fingerprint density at radius 1 is 1.09 bits per heavy atom. The normalized spacial score (nSPS) is 27.8. The Labute approximate surface area is 192 Å². The molecule has 4 aliphatic rings. The highest BCUT2D eigenvalue weighted by Crippen LogP contribution is 2.39. The maximum absolute atomic E-state index is 13.9. The molecule has 33 heavy (non-hydrogen) atoms. The largest absolute Gasteiger partial charge is 0.368 e. The fourth-order valence-corrected chi connectivity index (χ4v) is 5.78. The summed E-state index contributed by atoms with van der Waals surface area (Å²) in [6, 6.07) is 3.70. The third-order valence-corrected chi connectivity index (χ3v) is 7.31. The van der Waals surface area contributed by atoms with E-state index in [-0.39, 0.29) is 30.7 Å². The summed E-state index contributed by atoms with van der Waals surface area (Å²) >= 11 is 0. The first-order chi connectivity index (χ1) is 16.0. The van der Waals surface area contributed by atoms with Crippen LogP contribution in [0.3, 0.4) is 0 Å². The van der Waals surface area contributed by atoms with Crippen LogP contribution in [0.4, 0.5) is 0 Å². The average Bonchev–Trinajstić information content (AvgIpc) is 3.05. The predicted molar refractivity (Wildman–Crippen MR) is 120 cm³/mol. The fraction of sp³-hybridized carbons (Fsp3) is 0.542. The van der Waals surface area contributed by atoms with Gasteiger partial charge in [-0.1, -0.05) is 24.6 Å². The fourth-order valence-electron chi connectivity index (χ4n) is 5.78. The van der Waals surface area contributed by atoms with Gasteiger partial charge in [0, 0.05) is 38.0 Å². The highest BCUT2D eigenvalue weighted by atomic mass is 16.2. The van der Waals surface area contributed by atoms with Crippen molar-refractivity contribution in [3.05, 3.63) is 34.9 Å². The van der Waals surface area contributed by atoms with Crippen molar-refractivity contribution in [2.45, 2.75) is 69.6 Å². The minimum atomic E-state index is -0.807. The van der Waals surface area contributed by atoms with E-state index >= 15 is 0 Å². The molecular weight excluding hydrogens is 422 g/mol. The number of hydrogen-bond donors (Lipinski definition) is 2. The van der Waals surface area contributed by atoms with Crippen molar-refractivity contribution in [1.29, 1.82) is 0 Å². The molecule has 9 nitrogen and oxygen atoms in total. The minimum Gasteiger partial charge on any atom is -0.368 e. The van der Waals surface area contributed by atoms with Crippen LogP contribution in [-0.4, -0.2) is 64.3 Å². The van der Waals surface area contributed by atoms with Crippen molar-refractivity contribution < 1.29 is 19.2 Å². The number of amides is 3. The van der Waals surface area contributed by atoms with E-state index in [0.717, 1.165) is 56.6 Å². The van der Waals surface area contributed by atoms with E-state index in [1.807, 2.05) is 12.1 Å². The number of Topliss-reactive ketones (excluding diaryl/α,β-unsaturated/α-hetero) is 1. The Kier molecular flexibility index (Phi) is 5.74. The topological polar surface area (TPSA) is 125 Å². The quantitative estimate of drug-likeness (QED) is 0.521. The highest BCUT2D eigenvalue weighted by Gasteiger charge is 2.44. The molecule has 0 saturated carbocycles. The molecule has 0 bridgehead atoms. The molecule has 0 spiro atoms. The van der Waals surface area contributed by atoms with Gasteiger partial charge >= 0.3 is 0 Å². The van der Waals surface area contributed by atoms with Crippen molar-refractivity contribution in [3.63, 3.8) is 0 Å². The zero-order chi connectivity index (χ0) is 23.1. The Hall–Kier alpha value is -3.07.